The number of carbonyl (C=O) groups excluding carboxylic acids is 2. The largest absolute Gasteiger partial charge is 0.441 e. The van der Waals surface area contributed by atoms with Crippen molar-refractivity contribution in [2.45, 2.75) is 38.3 Å². The molecule has 3 fully saturated rings. The highest BCUT2D eigenvalue weighted by Crippen LogP contribution is 2.31. The van der Waals surface area contributed by atoms with E-state index in [0.717, 1.165) is 23.4 Å². The molecule has 0 radical (unpaired) electrons. The molecule has 0 bridgehead atoms. The van der Waals surface area contributed by atoms with Gasteiger partial charge in [-0.25, -0.2) is 9.78 Å². The summed E-state index contributed by atoms with van der Waals surface area (Å²) in [5.41, 5.74) is 3.14. The highest BCUT2D eigenvalue weighted by atomic mass is 16.5. The molecule has 3 aliphatic heterocycles. The Morgan fingerprint density at radius 2 is 1.90 bits per heavy atom. The van der Waals surface area contributed by atoms with Crippen LogP contribution in [0.3, 0.4) is 0 Å². The number of aryl methyl sites for hydroxylation is 2. The number of likely N-dealkylation sites (tertiary alicyclic amines) is 2. The first-order valence-electron chi connectivity index (χ1n) is 10.5. The van der Waals surface area contributed by atoms with Crippen LogP contribution in [0.4, 0.5) is 4.79 Å². The standard InChI is InChI=1S/C22H26N4O4/c1-13-21(30-14(2)23-13)16-5-3-15(4-6-16)17-9-26(10-17)22(28)25-8-7-19-18(11-25)24-20(27)12-29-19/h3-6,17-19H,7-12H2,1-2H3,(H,24,27)/t18-,19+/m1/s1. The van der Waals surface area contributed by atoms with Gasteiger partial charge in [-0.2, -0.15) is 0 Å². The molecule has 158 valence electrons. The number of hydrogen-bond acceptors (Lipinski definition) is 5. The van der Waals surface area contributed by atoms with Gasteiger partial charge in [0.2, 0.25) is 5.91 Å². The molecule has 3 amide bonds. The summed E-state index contributed by atoms with van der Waals surface area (Å²) in [7, 11) is 0. The molecule has 0 aliphatic carbocycles. The summed E-state index contributed by atoms with van der Waals surface area (Å²) in [5, 5.41) is 2.95. The van der Waals surface area contributed by atoms with Crippen LogP contribution in [0.2, 0.25) is 0 Å². The molecule has 1 N–H and O–H groups in total. The van der Waals surface area contributed by atoms with E-state index in [4.69, 9.17) is 9.15 Å². The molecule has 3 saturated heterocycles. The van der Waals surface area contributed by atoms with E-state index in [1.807, 2.05) is 23.6 Å². The zero-order chi connectivity index (χ0) is 20.8. The van der Waals surface area contributed by atoms with Crippen LogP contribution >= 0.6 is 0 Å². The molecule has 2 atom stereocenters. The van der Waals surface area contributed by atoms with E-state index >= 15 is 0 Å². The fraction of sp³-hybridized carbons (Fsp3) is 0.500. The zero-order valence-electron chi connectivity index (χ0n) is 17.3. The van der Waals surface area contributed by atoms with Crippen LogP contribution in [0.1, 0.15) is 29.5 Å². The number of benzene rings is 1. The highest BCUT2D eigenvalue weighted by molar-refractivity contribution is 5.79. The molecule has 0 spiro atoms. The summed E-state index contributed by atoms with van der Waals surface area (Å²) in [6.07, 6.45) is 0.779. The Morgan fingerprint density at radius 1 is 1.13 bits per heavy atom. The Hall–Kier alpha value is -2.87. The molecular formula is C22H26N4O4. The molecule has 2 aromatic rings. The van der Waals surface area contributed by atoms with E-state index in [-0.39, 0.29) is 30.7 Å². The van der Waals surface area contributed by atoms with Crippen molar-refractivity contribution in [3.63, 3.8) is 0 Å². The Bertz CT molecular complexity index is 964. The molecular weight excluding hydrogens is 384 g/mol. The maximum Gasteiger partial charge on any atom is 0.320 e. The third kappa shape index (κ3) is 3.45. The first-order valence-corrected chi connectivity index (χ1v) is 10.5. The van der Waals surface area contributed by atoms with Gasteiger partial charge in [0.05, 0.1) is 17.8 Å². The number of nitrogens with zero attached hydrogens (tertiary/aromatic N) is 3. The Kier molecular flexibility index (Phi) is 4.73. The van der Waals surface area contributed by atoms with Gasteiger partial charge >= 0.3 is 6.03 Å². The average Bonchev–Trinajstić information content (AvgIpc) is 3.04. The second-order valence-electron chi connectivity index (χ2n) is 8.41. The lowest BCUT2D eigenvalue weighted by Gasteiger charge is -2.46. The number of urea groups is 1. The number of aromatic nitrogens is 1. The van der Waals surface area contributed by atoms with E-state index in [0.29, 0.717) is 38.0 Å². The van der Waals surface area contributed by atoms with E-state index < -0.39 is 0 Å². The summed E-state index contributed by atoms with van der Waals surface area (Å²) in [6, 6.07) is 8.29. The van der Waals surface area contributed by atoms with Crippen LogP contribution in [0.5, 0.6) is 0 Å². The third-order valence-corrected chi connectivity index (χ3v) is 6.29. The van der Waals surface area contributed by atoms with E-state index in [1.165, 1.54) is 5.56 Å². The fourth-order valence-electron chi connectivity index (χ4n) is 4.62. The topological polar surface area (TPSA) is 87.9 Å². The number of hydrogen-bond donors (Lipinski definition) is 1. The van der Waals surface area contributed by atoms with Crippen LogP contribution in [0, 0.1) is 13.8 Å². The second-order valence-corrected chi connectivity index (χ2v) is 8.41. The van der Waals surface area contributed by atoms with Gasteiger partial charge in [0.25, 0.3) is 0 Å². The van der Waals surface area contributed by atoms with Gasteiger partial charge in [0.15, 0.2) is 11.7 Å². The van der Waals surface area contributed by atoms with E-state index in [1.54, 1.807) is 0 Å². The van der Waals surface area contributed by atoms with Crippen molar-refractivity contribution >= 4 is 11.9 Å². The number of ether oxygens (including phenoxy) is 1. The first-order chi connectivity index (χ1) is 14.5. The molecule has 8 heteroatoms. The molecule has 5 rings (SSSR count). The molecule has 0 unspecified atom stereocenters. The third-order valence-electron chi connectivity index (χ3n) is 6.29. The van der Waals surface area contributed by atoms with Crippen molar-refractivity contribution in [2.24, 2.45) is 0 Å². The molecule has 30 heavy (non-hydrogen) atoms. The quantitative estimate of drug-likeness (QED) is 0.819. The Morgan fingerprint density at radius 3 is 2.60 bits per heavy atom. The number of carbonyl (C=O) groups is 2. The van der Waals surface area contributed by atoms with Crippen LogP contribution < -0.4 is 5.32 Å². The van der Waals surface area contributed by atoms with Crippen molar-refractivity contribution in [1.82, 2.24) is 20.1 Å². The average molecular weight is 410 g/mol. The SMILES string of the molecule is Cc1nc(C)c(-c2ccc(C3CN(C(=O)N4CC[C@@H]5OCC(=O)N[C@@H]5C4)C3)cc2)o1. The van der Waals surface area contributed by atoms with Crippen LogP contribution in [0.25, 0.3) is 11.3 Å². The van der Waals surface area contributed by atoms with Gasteiger partial charge in [0, 0.05) is 44.6 Å². The minimum Gasteiger partial charge on any atom is -0.441 e. The van der Waals surface area contributed by atoms with Gasteiger partial charge in [-0.3, -0.25) is 4.79 Å². The number of rotatable bonds is 2. The zero-order valence-corrected chi connectivity index (χ0v) is 17.3. The first kappa shape index (κ1) is 19.1. The summed E-state index contributed by atoms with van der Waals surface area (Å²) in [6.45, 7) is 6.53. The monoisotopic (exact) mass is 410 g/mol. The Balaban J connectivity index is 1.17. The van der Waals surface area contributed by atoms with Crippen molar-refractivity contribution in [3.8, 4) is 11.3 Å². The summed E-state index contributed by atoms with van der Waals surface area (Å²) in [4.78, 5) is 32.5. The molecule has 1 aromatic heterocycles. The van der Waals surface area contributed by atoms with Crippen molar-refractivity contribution in [2.75, 3.05) is 32.8 Å². The number of oxazole rings is 1. The van der Waals surface area contributed by atoms with Gasteiger partial charge < -0.3 is 24.3 Å². The normalized spacial score (nSPS) is 24.3. The van der Waals surface area contributed by atoms with Crippen molar-refractivity contribution < 1.29 is 18.7 Å². The van der Waals surface area contributed by atoms with E-state index in [2.05, 4.69) is 34.6 Å². The maximum absolute atomic E-state index is 12.9. The summed E-state index contributed by atoms with van der Waals surface area (Å²) >= 11 is 0. The molecule has 0 saturated carbocycles. The van der Waals surface area contributed by atoms with Crippen molar-refractivity contribution in [3.05, 3.63) is 41.4 Å². The predicted molar refractivity (Wildman–Crippen MR) is 109 cm³/mol. The number of fused-ring (bicyclic) bond motifs is 1. The second kappa shape index (κ2) is 7.43. The van der Waals surface area contributed by atoms with Crippen LogP contribution in [-0.4, -0.2) is 71.7 Å². The minimum absolute atomic E-state index is 0.0196. The molecule has 3 aliphatic rings. The summed E-state index contributed by atoms with van der Waals surface area (Å²) in [5.74, 6) is 1.72. The predicted octanol–water partition coefficient (Wildman–Crippen LogP) is 2.07. The lowest BCUT2D eigenvalue weighted by molar-refractivity contribution is -0.139. The van der Waals surface area contributed by atoms with E-state index in [9.17, 15) is 9.59 Å². The van der Waals surface area contributed by atoms with Crippen LogP contribution in [0.15, 0.2) is 28.7 Å². The molecule has 4 heterocycles. The molecule has 8 nitrogen and oxygen atoms in total. The van der Waals surface area contributed by atoms with Gasteiger partial charge in [-0.1, -0.05) is 24.3 Å². The Labute approximate surface area is 175 Å². The molecule has 1 aromatic carbocycles. The highest BCUT2D eigenvalue weighted by Gasteiger charge is 2.40. The summed E-state index contributed by atoms with van der Waals surface area (Å²) < 4.78 is 11.3. The van der Waals surface area contributed by atoms with Gasteiger partial charge in [-0.05, 0) is 18.9 Å². The lowest BCUT2D eigenvalue weighted by Crippen LogP contribution is -2.63. The minimum atomic E-state index is -0.103. The van der Waals surface area contributed by atoms with Crippen LogP contribution in [-0.2, 0) is 9.53 Å². The number of amides is 3. The number of piperidine rings is 1. The maximum atomic E-state index is 12.9. The fourth-order valence-corrected chi connectivity index (χ4v) is 4.62. The lowest BCUT2D eigenvalue weighted by atomic mass is 9.90. The number of nitrogens with one attached hydrogen (secondary N) is 1. The van der Waals surface area contributed by atoms with Crippen molar-refractivity contribution in [1.29, 1.82) is 0 Å². The van der Waals surface area contributed by atoms with Gasteiger partial charge in [0.1, 0.15) is 6.61 Å². The number of morpholine rings is 1. The van der Waals surface area contributed by atoms with Gasteiger partial charge in [-0.15, -0.1) is 0 Å². The smallest absolute Gasteiger partial charge is 0.320 e.